The number of benzene rings is 1. The summed E-state index contributed by atoms with van der Waals surface area (Å²) in [5, 5.41) is 3.48. The zero-order chi connectivity index (χ0) is 14.1. The molecule has 0 amide bonds. The first-order valence-corrected chi connectivity index (χ1v) is 8.22. The summed E-state index contributed by atoms with van der Waals surface area (Å²) < 4.78 is 11.5. The molecule has 3 heterocycles. The molecule has 3 aliphatic rings. The molecule has 4 rings (SSSR count). The first-order valence-electron chi connectivity index (χ1n) is 8.22. The van der Waals surface area contributed by atoms with Crippen molar-refractivity contribution in [3.05, 3.63) is 23.3 Å². The molecule has 1 fully saturated rings. The quantitative estimate of drug-likeness (QED) is 0.896. The van der Waals surface area contributed by atoms with Gasteiger partial charge in [-0.05, 0) is 55.6 Å². The van der Waals surface area contributed by atoms with Gasteiger partial charge < -0.3 is 19.7 Å². The van der Waals surface area contributed by atoms with Crippen LogP contribution in [-0.4, -0.2) is 46.0 Å². The highest BCUT2D eigenvalue weighted by atomic mass is 16.5. The molecule has 114 valence electrons. The number of rotatable bonds is 2. The van der Waals surface area contributed by atoms with E-state index < -0.39 is 0 Å². The molecule has 0 bridgehead atoms. The maximum atomic E-state index is 5.93. The monoisotopic (exact) mass is 288 g/mol. The Morgan fingerprint density at radius 2 is 2.00 bits per heavy atom. The number of anilines is 1. The van der Waals surface area contributed by atoms with E-state index in [0.29, 0.717) is 5.92 Å². The molecule has 1 unspecified atom stereocenters. The van der Waals surface area contributed by atoms with Crippen LogP contribution in [0.1, 0.15) is 17.5 Å². The highest BCUT2D eigenvalue weighted by Gasteiger charge is 2.25. The third-order valence-corrected chi connectivity index (χ3v) is 4.89. The standard InChI is InChI=1S/C17H24N2O2/c1-4-18-5-2-15-10-17-16(9-14(1)15)19(6-8-21-17)11-13-3-7-20-12-13/h9-10,13,18H,1-8,11-12H2. The maximum absolute atomic E-state index is 5.93. The number of hydrogen-bond acceptors (Lipinski definition) is 4. The number of nitrogens with zero attached hydrogens (tertiary/aromatic N) is 1. The average molecular weight is 288 g/mol. The van der Waals surface area contributed by atoms with Gasteiger partial charge in [0.25, 0.3) is 0 Å². The van der Waals surface area contributed by atoms with Crippen molar-refractivity contribution in [3.8, 4) is 5.75 Å². The minimum Gasteiger partial charge on any atom is -0.490 e. The van der Waals surface area contributed by atoms with Crippen molar-refractivity contribution >= 4 is 5.69 Å². The first kappa shape index (κ1) is 13.4. The van der Waals surface area contributed by atoms with E-state index in [-0.39, 0.29) is 0 Å². The Balaban J connectivity index is 1.61. The van der Waals surface area contributed by atoms with Gasteiger partial charge in [-0.3, -0.25) is 0 Å². The van der Waals surface area contributed by atoms with Crippen LogP contribution in [0, 0.1) is 5.92 Å². The van der Waals surface area contributed by atoms with Crippen molar-refractivity contribution < 1.29 is 9.47 Å². The Hall–Kier alpha value is -1.26. The number of ether oxygens (including phenoxy) is 2. The molecule has 1 saturated heterocycles. The lowest BCUT2D eigenvalue weighted by atomic mass is 9.99. The molecule has 0 saturated carbocycles. The van der Waals surface area contributed by atoms with Gasteiger partial charge in [0.2, 0.25) is 0 Å². The van der Waals surface area contributed by atoms with Crippen molar-refractivity contribution in [2.75, 3.05) is 50.9 Å². The van der Waals surface area contributed by atoms with Gasteiger partial charge in [-0.2, -0.15) is 0 Å². The summed E-state index contributed by atoms with van der Waals surface area (Å²) in [7, 11) is 0. The fourth-order valence-electron chi connectivity index (χ4n) is 3.67. The largest absolute Gasteiger partial charge is 0.490 e. The molecule has 3 aliphatic heterocycles. The second-order valence-corrected chi connectivity index (χ2v) is 6.36. The molecule has 1 N–H and O–H groups in total. The van der Waals surface area contributed by atoms with E-state index in [0.717, 1.165) is 64.6 Å². The van der Waals surface area contributed by atoms with Crippen LogP contribution in [0.5, 0.6) is 5.75 Å². The molecule has 4 heteroatoms. The number of hydrogen-bond donors (Lipinski definition) is 1. The van der Waals surface area contributed by atoms with Crippen molar-refractivity contribution in [2.45, 2.75) is 19.3 Å². The molecule has 1 aromatic carbocycles. The van der Waals surface area contributed by atoms with Gasteiger partial charge in [0.1, 0.15) is 12.4 Å². The predicted molar refractivity (Wildman–Crippen MR) is 83.4 cm³/mol. The lowest BCUT2D eigenvalue weighted by Crippen LogP contribution is -2.37. The van der Waals surface area contributed by atoms with Crippen LogP contribution in [0.15, 0.2) is 12.1 Å². The summed E-state index contributed by atoms with van der Waals surface area (Å²) in [6.07, 6.45) is 3.44. The maximum Gasteiger partial charge on any atom is 0.142 e. The molecule has 4 nitrogen and oxygen atoms in total. The van der Waals surface area contributed by atoms with Crippen LogP contribution in [0.4, 0.5) is 5.69 Å². The van der Waals surface area contributed by atoms with E-state index in [1.807, 2.05) is 0 Å². The summed E-state index contributed by atoms with van der Waals surface area (Å²) in [4.78, 5) is 2.51. The molecule has 1 aromatic rings. The highest BCUT2D eigenvalue weighted by molar-refractivity contribution is 5.63. The Bertz CT molecular complexity index is 512. The molecule has 21 heavy (non-hydrogen) atoms. The van der Waals surface area contributed by atoms with E-state index in [9.17, 15) is 0 Å². The van der Waals surface area contributed by atoms with E-state index in [4.69, 9.17) is 9.47 Å². The normalized spacial score (nSPS) is 25.0. The van der Waals surface area contributed by atoms with Crippen LogP contribution in [0.3, 0.4) is 0 Å². The van der Waals surface area contributed by atoms with E-state index >= 15 is 0 Å². The minimum atomic E-state index is 0.677. The second-order valence-electron chi connectivity index (χ2n) is 6.36. The summed E-state index contributed by atoms with van der Waals surface area (Å²) in [5.74, 6) is 1.76. The highest BCUT2D eigenvalue weighted by Crippen LogP contribution is 2.36. The van der Waals surface area contributed by atoms with E-state index in [1.54, 1.807) is 0 Å². The summed E-state index contributed by atoms with van der Waals surface area (Å²) in [6, 6.07) is 4.67. The second kappa shape index (κ2) is 5.85. The van der Waals surface area contributed by atoms with E-state index in [1.165, 1.54) is 23.2 Å². The van der Waals surface area contributed by atoms with Crippen LogP contribution in [0.25, 0.3) is 0 Å². The molecular weight excluding hydrogens is 264 g/mol. The predicted octanol–water partition coefficient (Wildman–Crippen LogP) is 1.61. The van der Waals surface area contributed by atoms with Gasteiger partial charge in [0, 0.05) is 19.1 Å². The molecular formula is C17H24N2O2. The van der Waals surface area contributed by atoms with E-state index in [2.05, 4.69) is 22.3 Å². The van der Waals surface area contributed by atoms with Crippen LogP contribution in [-0.2, 0) is 17.6 Å². The smallest absolute Gasteiger partial charge is 0.142 e. The zero-order valence-electron chi connectivity index (χ0n) is 12.6. The van der Waals surface area contributed by atoms with Gasteiger partial charge in [0.05, 0.1) is 18.8 Å². The lowest BCUT2D eigenvalue weighted by Gasteiger charge is -2.33. The molecule has 0 aliphatic carbocycles. The molecule has 1 atom stereocenters. The molecule has 0 radical (unpaired) electrons. The zero-order valence-corrected chi connectivity index (χ0v) is 12.6. The van der Waals surface area contributed by atoms with Crippen LogP contribution >= 0.6 is 0 Å². The van der Waals surface area contributed by atoms with Crippen molar-refractivity contribution in [1.29, 1.82) is 0 Å². The minimum absolute atomic E-state index is 0.677. The topological polar surface area (TPSA) is 33.7 Å². The number of fused-ring (bicyclic) bond motifs is 2. The number of nitrogens with one attached hydrogen (secondary N) is 1. The van der Waals surface area contributed by atoms with Crippen LogP contribution in [0.2, 0.25) is 0 Å². The lowest BCUT2D eigenvalue weighted by molar-refractivity contribution is 0.186. The van der Waals surface area contributed by atoms with Gasteiger partial charge >= 0.3 is 0 Å². The molecule has 0 aromatic heterocycles. The van der Waals surface area contributed by atoms with Crippen molar-refractivity contribution in [1.82, 2.24) is 5.32 Å². The Morgan fingerprint density at radius 1 is 1.14 bits per heavy atom. The average Bonchev–Trinajstić information content (AvgIpc) is 2.90. The Kier molecular flexibility index (Phi) is 3.74. The third kappa shape index (κ3) is 2.74. The van der Waals surface area contributed by atoms with Gasteiger partial charge in [-0.25, -0.2) is 0 Å². The summed E-state index contributed by atoms with van der Waals surface area (Å²) >= 11 is 0. The summed E-state index contributed by atoms with van der Waals surface area (Å²) in [5.41, 5.74) is 4.26. The fourth-order valence-corrected chi connectivity index (χ4v) is 3.67. The van der Waals surface area contributed by atoms with Gasteiger partial charge in [-0.15, -0.1) is 0 Å². The first-order chi connectivity index (χ1) is 10.4. The van der Waals surface area contributed by atoms with Crippen molar-refractivity contribution in [3.63, 3.8) is 0 Å². The third-order valence-electron chi connectivity index (χ3n) is 4.89. The van der Waals surface area contributed by atoms with Gasteiger partial charge in [-0.1, -0.05) is 0 Å². The van der Waals surface area contributed by atoms with Crippen LogP contribution < -0.4 is 15.0 Å². The Labute approximate surface area is 126 Å². The summed E-state index contributed by atoms with van der Waals surface area (Å²) in [6.45, 7) is 6.92. The van der Waals surface area contributed by atoms with Gasteiger partial charge in [0.15, 0.2) is 0 Å². The Morgan fingerprint density at radius 3 is 2.81 bits per heavy atom. The SMILES string of the molecule is c1c2c(cc3c1OCCN3CC1CCOC1)CCNCC2. The fraction of sp³-hybridized carbons (Fsp3) is 0.647. The van der Waals surface area contributed by atoms with Crippen molar-refractivity contribution in [2.24, 2.45) is 5.92 Å². The molecule has 0 spiro atoms.